The highest BCUT2D eigenvalue weighted by Gasteiger charge is 2.13. The van der Waals surface area contributed by atoms with Gasteiger partial charge in [0.25, 0.3) is 5.91 Å². The van der Waals surface area contributed by atoms with E-state index in [2.05, 4.69) is 22.3 Å². The molecule has 0 spiro atoms. The first-order valence-electron chi connectivity index (χ1n) is 6.55. The van der Waals surface area contributed by atoms with Crippen molar-refractivity contribution in [3.05, 3.63) is 46.8 Å². The van der Waals surface area contributed by atoms with Crippen molar-refractivity contribution in [3.63, 3.8) is 0 Å². The third-order valence-electron chi connectivity index (χ3n) is 2.95. The number of anilines is 1. The summed E-state index contributed by atoms with van der Waals surface area (Å²) in [6, 6.07) is 5.51. The number of amides is 1. The number of nitrogens with zero attached hydrogens (tertiary/aromatic N) is 1. The molecule has 108 valence electrons. The van der Waals surface area contributed by atoms with Crippen LogP contribution in [0.4, 0.5) is 5.69 Å². The molecule has 1 amide bonds. The smallest absolute Gasteiger partial charge is 0.260 e. The SMILES string of the molecule is Cc1ccc(NC(=O)c2cnoc2C)cc1C#CCCO. The summed E-state index contributed by atoms with van der Waals surface area (Å²) in [6.45, 7) is 3.66. The van der Waals surface area contributed by atoms with Crippen LogP contribution in [-0.4, -0.2) is 22.8 Å². The largest absolute Gasteiger partial charge is 0.395 e. The average molecular weight is 284 g/mol. The molecule has 0 aliphatic heterocycles. The van der Waals surface area contributed by atoms with Crippen LogP contribution in [0.2, 0.25) is 0 Å². The van der Waals surface area contributed by atoms with E-state index in [0.717, 1.165) is 11.1 Å². The van der Waals surface area contributed by atoms with E-state index in [4.69, 9.17) is 9.63 Å². The molecule has 0 aliphatic rings. The van der Waals surface area contributed by atoms with Gasteiger partial charge >= 0.3 is 0 Å². The molecule has 2 rings (SSSR count). The Labute approximate surface area is 123 Å². The summed E-state index contributed by atoms with van der Waals surface area (Å²) >= 11 is 0. The second-order valence-corrected chi connectivity index (χ2v) is 4.55. The normalized spacial score (nSPS) is 9.86. The lowest BCUT2D eigenvalue weighted by atomic mass is 10.1. The predicted molar refractivity (Wildman–Crippen MR) is 79.0 cm³/mol. The van der Waals surface area contributed by atoms with Gasteiger partial charge in [0.1, 0.15) is 11.3 Å². The summed E-state index contributed by atoms with van der Waals surface area (Å²) in [5, 5.41) is 15.1. The molecule has 5 nitrogen and oxygen atoms in total. The van der Waals surface area contributed by atoms with Crippen molar-refractivity contribution >= 4 is 11.6 Å². The molecule has 5 heteroatoms. The summed E-state index contributed by atoms with van der Waals surface area (Å²) < 4.78 is 4.87. The van der Waals surface area contributed by atoms with Gasteiger partial charge in [-0.3, -0.25) is 4.79 Å². The van der Waals surface area contributed by atoms with Crippen LogP contribution in [0.25, 0.3) is 0 Å². The molecule has 0 atom stereocenters. The second-order valence-electron chi connectivity index (χ2n) is 4.55. The highest BCUT2D eigenvalue weighted by Crippen LogP contribution is 2.16. The Morgan fingerprint density at radius 2 is 2.24 bits per heavy atom. The standard InChI is InChI=1S/C16H16N2O3/c1-11-6-7-14(9-13(11)5-3-4-8-19)18-16(20)15-10-17-21-12(15)2/h6-7,9-10,19H,4,8H2,1-2H3,(H,18,20). The fourth-order valence-electron chi connectivity index (χ4n) is 1.76. The molecule has 1 aromatic heterocycles. The molecular formula is C16H16N2O3. The van der Waals surface area contributed by atoms with Crippen molar-refractivity contribution in [2.24, 2.45) is 0 Å². The van der Waals surface area contributed by atoms with Gasteiger partial charge in [-0.25, -0.2) is 0 Å². The van der Waals surface area contributed by atoms with E-state index in [1.807, 2.05) is 19.1 Å². The maximum atomic E-state index is 12.1. The van der Waals surface area contributed by atoms with Gasteiger partial charge in [-0.15, -0.1) is 0 Å². The van der Waals surface area contributed by atoms with Crippen LogP contribution in [0.15, 0.2) is 28.9 Å². The molecule has 1 heterocycles. The van der Waals surface area contributed by atoms with Crippen molar-refractivity contribution in [1.82, 2.24) is 5.16 Å². The second kappa shape index (κ2) is 6.73. The summed E-state index contributed by atoms with van der Waals surface area (Å²) in [6.07, 6.45) is 1.82. The molecule has 0 aliphatic carbocycles. The van der Waals surface area contributed by atoms with Crippen LogP contribution >= 0.6 is 0 Å². The predicted octanol–water partition coefficient (Wildman–Crippen LogP) is 2.28. The highest BCUT2D eigenvalue weighted by molar-refractivity contribution is 6.04. The quantitative estimate of drug-likeness (QED) is 0.848. The Bertz CT molecular complexity index is 708. The van der Waals surface area contributed by atoms with Crippen LogP contribution in [0.3, 0.4) is 0 Å². The number of carbonyl (C=O) groups excluding carboxylic acids is 1. The monoisotopic (exact) mass is 284 g/mol. The number of benzene rings is 1. The molecular weight excluding hydrogens is 268 g/mol. The van der Waals surface area contributed by atoms with E-state index in [1.54, 1.807) is 13.0 Å². The summed E-state index contributed by atoms with van der Waals surface area (Å²) in [5.74, 6) is 6.06. The Balaban J connectivity index is 2.18. The van der Waals surface area contributed by atoms with Crippen LogP contribution in [0.1, 0.15) is 33.7 Å². The molecule has 2 N–H and O–H groups in total. The van der Waals surface area contributed by atoms with Gasteiger partial charge in [-0.2, -0.15) is 0 Å². The van der Waals surface area contributed by atoms with Crippen molar-refractivity contribution < 1.29 is 14.4 Å². The highest BCUT2D eigenvalue weighted by atomic mass is 16.5. The molecule has 0 unspecified atom stereocenters. The van der Waals surface area contributed by atoms with Crippen LogP contribution in [0.5, 0.6) is 0 Å². The third kappa shape index (κ3) is 3.71. The number of rotatable bonds is 3. The number of nitrogens with one attached hydrogen (secondary N) is 1. The summed E-state index contributed by atoms with van der Waals surface area (Å²) in [5.41, 5.74) is 2.89. The topological polar surface area (TPSA) is 75.4 Å². The molecule has 2 aromatic rings. The number of aromatic nitrogens is 1. The first kappa shape index (κ1) is 14.8. The van der Waals surface area contributed by atoms with Gasteiger partial charge in [0.05, 0.1) is 12.8 Å². The van der Waals surface area contributed by atoms with Crippen LogP contribution in [-0.2, 0) is 0 Å². The van der Waals surface area contributed by atoms with Crippen molar-refractivity contribution in [2.45, 2.75) is 20.3 Å². The fourth-order valence-corrected chi connectivity index (χ4v) is 1.76. The maximum absolute atomic E-state index is 12.1. The molecule has 0 bridgehead atoms. The minimum atomic E-state index is -0.271. The van der Waals surface area contributed by atoms with Gasteiger partial charge in [0, 0.05) is 17.7 Å². The number of hydrogen-bond acceptors (Lipinski definition) is 4. The molecule has 0 saturated carbocycles. The first-order valence-corrected chi connectivity index (χ1v) is 6.55. The Kier molecular flexibility index (Phi) is 4.75. The lowest BCUT2D eigenvalue weighted by Gasteiger charge is -2.06. The Morgan fingerprint density at radius 1 is 1.43 bits per heavy atom. The van der Waals surface area contributed by atoms with E-state index >= 15 is 0 Å². The van der Waals surface area contributed by atoms with Gasteiger partial charge in [0.2, 0.25) is 0 Å². The van der Waals surface area contributed by atoms with Gasteiger partial charge in [0.15, 0.2) is 0 Å². The lowest BCUT2D eigenvalue weighted by Crippen LogP contribution is -2.12. The number of aliphatic hydroxyl groups excluding tert-OH is 1. The molecule has 21 heavy (non-hydrogen) atoms. The van der Waals surface area contributed by atoms with Crippen molar-refractivity contribution in [1.29, 1.82) is 0 Å². The molecule has 0 radical (unpaired) electrons. The number of carbonyl (C=O) groups is 1. The molecule has 1 aromatic carbocycles. The zero-order chi connectivity index (χ0) is 15.2. The first-order chi connectivity index (χ1) is 10.1. The molecule has 0 fully saturated rings. The number of aryl methyl sites for hydroxylation is 2. The Hall–Kier alpha value is -2.58. The fraction of sp³-hybridized carbons (Fsp3) is 0.250. The number of hydrogen-bond donors (Lipinski definition) is 2. The average Bonchev–Trinajstić information content (AvgIpc) is 2.89. The Morgan fingerprint density at radius 3 is 2.90 bits per heavy atom. The van der Waals surface area contributed by atoms with Crippen LogP contribution < -0.4 is 5.32 Å². The van der Waals surface area contributed by atoms with E-state index in [-0.39, 0.29) is 12.5 Å². The van der Waals surface area contributed by atoms with E-state index in [9.17, 15) is 4.79 Å². The maximum Gasteiger partial charge on any atom is 0.260 e. The zero-order valence-corrected chi connectivity index (χ0v) is 11.9. The van der Waals surface area contributed by atoms with Crippen molar-refractivity contribution in [2.75, 3.05) is 11.9 Å². The summed E-state index contributed by atoms with van der Waals surface area (Å²) in [4.78, 5) is 12.1. The molecule has 0 saturated heterocycles. The minimum Gasteiger partial charge on any atom is -0.395 e. The van der Waals surface area contributed by atoms with E-state index in [1.165, 1.54) is 6.20 Å². The third-order valence-corrected chi connectivity index (χ3v) is 2.95. The van der Waals surface area contributed by atoms with Gasteiger partial charge in [-0.1, -0.05) is 23.1 Å². The minimum absolute atomic E-state index is 0.0369. The lowest BCUT2D eigenvalue weighted by molar-refractivity contribution is 0.102. The van der Waals surface area contributed by atoms with Crippen LogP contribution in [0, 0.1) is 25.7 Å². The zero-order valence-electron chi connectivity index (χ0n) is 11.9. The van der Waals surface area contributed by atoms with E-state index < -0.39 is 0 Å². The number of aliphatic hydroxyl groups is 1. The van der Waals surface area contributed by atoms with Gasteiger partial charge < -0.3 is 14.9 Å². The van der Waals surface area contributed by atoms with E-state index in [0.29, 0.717) is 23.4 Å². The summed E-state index contributed by atoms with van der Waals surface area (Å²) in [7, 11) is 0. The van der Waals surface area contributed by atoms with Crippen molar-refractivity contribution in [3.8, 4) is 11.8 Å². The van der Waals surface area contributed by atoms with Gasteiger partial charge in [-0.05, 0) is 31.5 Å².